The molecular formula is C12H12ClN3O2. The normalized spacial score (nSPS) is 11.7. The van der Waals surface area contributed by atoms with Gasteiger partial charge >= 0.3 is 0 Å². The largest absolute Gasteiger partial charge is 0.352 e. The van der Waals surface area contributed by atoms with Gasteiger partial charge in [-0.3, -0.25) is 9.59 Å². The topological polar surface area (TPSA) is 82.9 Å². The van der Waals surface area contributed by atoms with Crippen LogP contribution >= 0.6 is 11.6 Å². The Labute approximate surface area is 110 Å². The number of aromatic nitrogens is 1. The van der Waals surface area contributed by atoms with Crippen LogP contribution in [0.3, 0.4) is 0 Å². The number of nitrogens with one attached hydrogen (secondary N) is 1. The fourth-order valence-electron chi connectivity index (χ4n) is 1.33. The van der Waals surface area contributed by atoms with Gasteiger partial charge in [0.1, 0.15) is 5.15 Å². The molecule has 1 atom stereocenters. The zero-order valence-corrected chi connectivity index (χ0v) is 10.7. The number of nitriles is 1. The fourth-order valence-corrected chi connectivity index (χ4v) is 1.50. The summed E-state index contributed by atoms with van der Waals surface area (Å²) in [6, 6.07) is 4.31. The highest BCUT2D eigenvalue weighted by atomic mass is 35.5. The van der Waals surface area contributed by atoms with Crippen molar-refractivity contribution in [1.29, 1.82) is 5.26 Å². The summed E-state index contributed by atoms with van der Waals surface area (Å²) in [6.07, 6.45) is 1.35. The highest BCUT2D eigenvalue weighted by Crippen LogP contribution is 2.12. The number of Topliss-reactive ketones (excluding diaryl/α,β-unsaturated/α-hetero) is 1. The van der Waals surface area contributed by atoms with Crippen LogP contribution in [-0.2, 0) is 4.79 Å². The van der Waals surface area contributed by atoms with Gasteiger partial charge in [-0.2, -0.15) is 5.26 Å². The molecule has 0 aromatic carbocycles. The summed E-state index contributed by atoms with van der Waals surface area (Å²) < 4.78 is 0. The third-order valence-electron chi connectivity index (χ3n) is 2.10. The van der Waals surface area contributed by atoms with E-state index < -0.39 is 17.6 Å². The highest BCUT2D eigenvalue weighted by molar-refractivity contribution is 6.29. The van der Waals surface area contributed by atoms with Crippen molar-refractivity contribution in [1.82, 2.24) is 10.3 Å². The molecule has 0 fully saturated rings. The summed E-state index contributed by atoms with van der Waals surface area (Å²) in [4.78, 5) is 27.4. The summed E-state index contributed by atoms with van der Waals surface area (Å²) >= 11 is 5.65. The van der Waals surface area contributed by atoms with Crippen LogP contribution in [0.15, 0.2) is 18.3 Å². The monoisotopic (exact) mass is 265 g/mol. The van der Waals surface area contributed by atoms with E-state index in [4.69, 9.17) is 16.9 Å². The number of halogens is 1. The van der Waals surface area contributed by atoms with E-state index in [0.29, 0.717) is 0 Å². The molecule has 5 nitrogen and oxygen atoms in total. The molecule has 0 aliphatic rings. The van der Waals surface area contributed by atoms with Crippen LogP contribution in [0.1, 0.15) is 24.2 Å². The second-order valence-corrected chi connectivity index (χ2v) is 4.34. The van der Waals surface area contributed by atoms with Crippen LogP contribution in [0.25, 0.3) is 0 Å². The van der Waals surface area contributed by atoms with Gasteiger partial charge < -0.3 is 5.32 Å². The molecule has 0 aliphatic heterocycles. The Balaban J connectivity index is 2.93. The van der Waals surface area contributed by atoms with Gasteiger partial charge in [0.25, 0.3) is 0 Å². The second kappa shape index (κ2) is 6.12. The lowest BCUT2D eigenvalue weighted by molar-refractivity contribution is -0.122. The van der Waals surface area contributed by atoms with Crippen molar-refractivity contribution in [2.75, 3.05) is 0 Å². The molecule has 0 radical (unpaired) electrons. The van der Waals surface area contributed by atoms with E-state index in [-0.39, 0.29) is 16.8 Å². The van der Waals surface area contributed by atoms with E-state index in [1.807, 2.05) is 0 Å². The van der Waals surface area contributed by atoms with Crippen LogP contribution < -0.4 is 5.32 Å². The maximum absolute atomic E-state index is 12.0. The number of rotatable bonds is 4. The van der Waals surface area contributed by atoms with Crippen LogP contribution in [0.4, 0.5) is 0 Å². The van der Waals surface area contributed by atoms with E-state index in [0.717, 1.165) is 0 Å². The van der Waals surface area contributed by atoms with Crippen LogP contribution in [0.5, 0.6) is 0 Å². The number of carbonyl (C=O) groups is 2. The molecule has 0 spiro atoms. The van der Waals surface area contributed by atoms with Gasteiger partial charge in [0.05, 0.1) is 6.07 Å². The zero-order chi connectivity index (χ0) is 13.7. The minimum Gasteiger partial charge on any atom is -0.352 e. The first-order valence-electron chi connectivity index (χ1n) is 5.31. The lowest BCUT2D eigenvalue weighted by Gasteiger charge is -2.11. The fraction of sp³-hybridized carbons (Fsp3) is 0.333. The molecule has 0 unspecified atom stereocenters. The van der Waals surface area contributed by atoms with Crippen LogP contribution in [0, 0.1) is 17.2 Å². The predicted octanol–water partition coefficient (Wildman–Crippen LogP) is 1.58. The van der Waals surface area contributed by atoms with Gasteiger partial charge in [0.2, 0.25) is 5.91 Å². The van der Waals surface area contributed by atoms with E-state index >= 15 is 0 Å². The molecular weight excluding hydrogens is 254 g/mol. The Hall–Kier alpha value is -1.93. The van der Waals surface area contributed by atoms with Crippen molar-refractivity contribution in [2.45, 2.75) is 19.9 Å². The van der Waals surface area contributed by atoms with Gasteiger partial charge in [0.15, 0.2) is 11.7 Å². The molecule has 6 heteroatoms. The first kappa shape index (κ1) is 14.1. The SMILES string of the molecule is CC(C)NC(=O)[C@H](C#N)C(=O)c1ccnc(Cl)c1. The molecule has 1 N–H and O–H groups in total. The molecule has 0 bridgehead atoms. The Kier molecular flexibility index (Phi) is 4.81. The van der Waals surface area contributed by atoms with Crippen molar-refractivity contribution < 1.29 is 9.59 Å². The third kappa shape index (κ3) is 3.54. The average Bonchev–Trinajstić information content (AvgIpc) is 2.28. The zero-order valence-electron chi connectivity index (χ0n) is 9.98. The van der Waals surface area contributed by atoms with E-state index in [1.54, 1.807) is 19.9 Å². The molecule has 1 rings (SSSR count). The maximum Gasteiger partial charge on any atom is 0.245 e. The van der Waals surface area contributed by atoms with Gasteiger partial charge in [-0.1, -0.05) is 11.6 Å². The van der Waals surface area contributed by atoms with Crippen molar-refractivity contribution >= 4 is 23.3 Å². The van der Waals surface area contributed by atoms with Crippen LogP contribution in [0.2, 0.25) is 5.15 Å². The number of amides is 1. The quantitative estimate of drug-likeness (QED) is 0.509. The summed E-state index contributed by atoms with van der Waals surface area (Å²) in [6.45, 7) is 3.50. The lowest BCUT2D eigenvalue weighted by Crippen LogP contribution is -2.38. The Morgan fingerprint density at radius 3 is 2.67 bits per heavy atom. The van der Waals surface area contributed by atoms with Crippen molar-refractivity contribution in [3.63, 3.8) is 0 Å². The Morgan fingerprint density at radius 2 is 2.17 bits per heavy atom. The smallest absolute Gasteiger partial charge is 0.245 e. The number of hydrogen-bond acceptors (Lipinski definition) is 4. The van der Waals surface area contributed by atoms with E-state index in [2.05, 4.69) is 10.3 Å². The van der Waals surface area contributed by atoms with Crippen LogP contribution in [-0.4, -0.2) is 22.7 Å². The minimum atomic E-state index is -1.37. The molecule has 1 heterocycles. The molecule has 0 saturated heterocycles. The van der Waals surface area contributed by atoms with Gasteiger partial charge in [-0.15, -0.1) is 0 Å². The highest BCUT2D eigenvalue weighted by Gasteiger charge is 2.27. The number of nitrogens with zero attached hydrogens (tertiary/aromatic N) is 2. The summed E-state index contributed by atoms with van der Waals surface area (Å²) in [7, 11) is 0. The van der Waals surface area contributed by atoms with E-state index in [9.17, 15) is 9.59 Å². The molecule has 0 saturated carbocycles. The predicted molar refractivity (Wildman–Crippen MR) is 66.0 cm³/mol. The third-order valence-corrected chi connectivity index (χ3v) is 2.30. The van der Waals surface area contributed by atoms with Crippen molar-refractivity contribution in [3.05, 3.63) is 29.0 Å². The summed E-state index contributed by atoms with van der Waals surface area (Å²) in [5, 5.41) is 11.6. The summed E-state index contributed by atoms with van der Waals surface area (Å²) in [5.41, 5.74) is 0.195. The van der Waals surface area contributed by atoms with Gasteiger partial charge in [-0.05, 0) is 26.0 Å². The summed E-state index contributed by atoms with van der Waals surface area (Å²) in [5.74, 6) is -2.56. The van der Waals surface area contributed by atoms with Crippen molar-refractivity contribution in [3.8, 4) is 6.07 Å². The lowest BCUT2D eigenvalue weighted by atomic mass is 9.98. The first-order valence-corrected chi connectivity index (χ1v) is 5.69. The number of ketones is 1. The molecule has 0 aliphatic carbocycles. The van der Waals surface area contributed by atoms with Crippen molar-refractivity contribution in [2.24, 2.45) is 5.92 Å². The minimum absolute atomic E-state index is 0.137. The first-order chi connectivity index (χ1) is 8.45. The number of pyridine rings is 1. The Bertz CT molecular complexity index is 508. The van der Waals surface area contributed by atoms with Gasteiger partial charge in [0, 0.05) is 17.8 Å². The maximum atomic E-state index is 12.0. The second-order valence-electron chi connectivity index (χ2n) is 3.96. The molecule has 1 amide bonds. The number of hydrogen-bond donors (Lipinski definition) is 1. The average molecular weight is 266 g/mol. The standard InChI is InChI=1S/C12H12ClN3O2/c1-7(2)16-12(18)9(6-14)11(17)8-3-4-15-10(13)5-8/h3-5,7,9H,1-2H3,(H,16,18)/t9-/m1/s1. The molecule has 18 heavy (non-hydrogen) atoms. The molecule has 1 aromatic rings. The molecule has 1 aromatic heterocycles. The Morgan fingerprint density at radius 1 is 1.50 bits per heavy atom. The number of carbonyl (C=O) groups excluding carboxylic acids is 2. The van der Waals surface area contributed by atoms with E-state index in [1.165, 1.54) is 18.3 Å². The van der Waals surface area contributed by atoms with Gasteiger partial charge in [-0.25, -0.2) is 4.98 Å². The molecule has 94 valence electrons.